The Balaban J connectivity index is 3.12. The molecule has 1 aromatic rings. The predicted octanol–water partition coefficient (Wildman–Crippen LogP) is 2.79. The highest BCUT2D eigenvalue weighted by Crippen LogP contribution is 2.12. The Labute approximate surface area is 115 Å². The van der Waals surface area contributed by atoms with Gasteiger partial charge < -0.3 is 4.57 Å². The molecule has 1 heterocycles. The number of nitriles is 1. The summed E-state index contributed by atoms with van der Waals surface area (Å²) in [4.78, 5) is 0. The lowest BCUT2D eigenvalue weighted by Crippen LogP contribution is -2.08. The van der Waals surface area contributed by atoms with E-state index in [9.17, 15) is 0 Å². The van der Waals surface area contributed by atoms with Crippen molar-refractivity contribution in [2.75, 3.05) is 0 Å². The van der Waals surface area contributed by atoms with Crippen LogP contribution in [-0.2, 0) is 7.05 Å². The lowest BCUT2D eigenvalue weighted by Gasteiger charge is -2.05. The quantitative estimate of drug-likeness (QED) is 0.279. The molecule has 0 amide bonds. The van der Waals surface area contributed by atoms with Crippen LogP contribution in [0.3, 0.4) is 0 Å². The van der Waals surface area contributed by atoms with Crippen molar-refractivity contribution in [1.29, 1.82) is 5.26 Å². The van der Waals surface area contributed by atoms with Gasteiger partial charge in [-0.15, -0.1) is 5.10 Å². The molecule has 0 radical (unpaired) electrons. The van der Waals surface area contributed by atoms with Gasteiger partial charge >= 0.3 is 0 Å². The maximum atomic E-state index is 8.47. The van der Waals surface area contributed by atoms with Crippen molar-refractivity contribution < 1.29 is 0 Å². The summed E-state index contributed by atoms with van der Waals surface area (Å²) in [6.07, 6.45) is 0. The van der Waals surface area contributed by atoms with Gasteiger partial charge in [0.25, 0.3) is 0 Å². The fourth-order valence-electron chi connectivity index (χ4n) is 1.52. The zero-order valence-electron chi connectivity index (χ0n) is 10.2. The predicted molar refractivity (Wildman–Crippen MR) is 78.1 cm³/mol. The highest BCUT2D eigenvalue weighted by Gasteiger charge is 2.09. The highest BCUT2D eigenvalue weighted by atomic mass is 32.2. The van der Waals surface area contributed by atoms with Crippen LogP contribution >= 0.6 is 24.2 Å². The molecule has 0 spiro atoms. The summed E-state index contributed by atoms with van der Waals surface area (Å²) in [6, 6.07) is 3.84. The summed E-state index contributed by atoms with van der Waals surface area (Å²) in [5, 5.41) is 20.0. The number of isothiocyanates is 1. The normalized spacial score (nSPS) is 11.9. The Morgan fingerprint density at radius 2 is 1.94 bits per heavy atom. The van der Waals surface area contributed by atoms with E-state index in [2.05, 4.69) is 32.0 Å². The van der Waals surface area contributed by atoms with Gasteiger partial charge in [-0.25, -0.2) is 4.40 Å². The Kier molecular flexibility index (Phi) is 5.46. The first-order valence-corrected chi connectivity index (χ1v) is 6.17. The molecule has 0 aromatic carbocycles. The summed E-state index contributed by atoms with van der Waals surface area (Å²) in [6.45, 7) is 3.69. The molecule has 0 aliphatic heterocycles. The molecule has 5 nitrogen and oxygen atoms in total. The molecule has 1 aromatic heterocycles. The summed E-state index contributed by atoms with van der Waals surface area (Å²) in [5.74, 6) is 0. The second kappa shape index (κ2) is 6.87. The number of thiocyanates is 1. The van der Waals surface area contributed by atoms with Crippen molar-refractivity contribution in [3.05, 3.63) is 23.5 Å². The van der Waals surface area contributed by atoms with E-state index in [1.165, 1.54) is 0 Å². The first kappa shape index (κ1) is 14.3. The lowest BCUT2D eigenvalue weighted by molar-refractivity contribution is 0.899. The van der Waals surface area contributed by atoms with E-state index in [4.69, 9.17) is 5.26 Å². The molecule has 0 N–H and O–H groups in total. The minimum atomic E-state index is 0.738. The maximum absolute atomic E-state index is 8.47. The Bertz CT molecular complexity index is 585. The average molecular weight is 277 g/mol. The van der Waals surface area contributed by atoms with E-state index < -0.39 is 0 Å². The third kappa shape index (κ3) is 3.37. The number of nitrogens with zero attached hydrogens (tertiary/aromatic N) is 5. The smallest absolute Gasteiger partial charge is 0.157 e. The number of hydrogen-bond donors (Lipinski definition) is 0. The van der Waals surface area contributed by atoms with Gasteiger partial charge in [0, 0.05) is 7.05 Å². The lowest BCUT2D eigenvalue weighted by atomic mass is 10.3. The van der Waals surface area contributed by atoms with Crippen molar-refractivity contribution in [2.45, 2.75) is 13.8 Å². The Morgan fingerprint density at radius 1 is 1.33 bits per heavy atom. The number of thiocarbonyl (C=S) groups is 1. The summed E-state index contributed by atoms with van der Waals surface area (Å²) < 4.78 is 6.01. The van der Waals surface area contributed by atoms with Gasteiger partial charge in [0.2, 0.25) is 0 Å². The summed E-state index contributed by atoms with van der Waals surface area (Å²) >= 11 is 5.32. The summed E-state index contributed by atoms with van der Waals surface area (Å²) in [5.41, 5.74) is 3.35. The fourth-order valence-corrected chi connectivity index (χ4v) is 1.83. The average Bonchev–Trinajstić information content (AvgIpc) is 2.75. The topological polar surface area (TPSA) is 65.8 Å². The van der Waals surface area contributed by atoms with Crippen molar-refractivity contribution >= 4 is 40.8 Å². The van der Waals surface area contributed by atoms with E-state index in [1.807, 2.05) is 43.0 Å². The van der Waals surface area contributed by atoms with Crippen LogP contribution in [0.5, 0.6) is 0 Å². The SMILES string of the molecule is C/C(=N/SC#N)c1ccc(/C(C)=N/N=C=S)n1C. The molecule has 18 heavy (non-hydrogen) atoms. The molecule has 0 saturated carbocycles. The molecule has 0 aliphatic carbocycles. The number of rotatable bonds is 4. The molecule has 0 fully saturated rings. The molecule has 1 rings (SSSR count). The molecular weight excluding hydrogens is 266 g/mol. The van der Waals surface area contributed by atoms with Crippen LogP contribution in [0.2, 0.25) is 0 Å². The third-order valence-electron chi connectivity index (χ3n) is 2.33. The summed E-state index contributed by atoms with van der Waals surface area (Å²) in [7, 11) is 1.90. The van der Waals surface area contributed by atoms with Gasteiger partial charge in [-0.3, -0.25) is 0 Å². The van der Waals surface area contributed by atoms with E-state index in [-0.39, 0.29) is 0 Å². The second-order valence-electron chi connectivity index (χ2n) is 3.40. The Morgan fingerprint density at radius 3 is 2.50 bits per heavy atom. The first-order chi connectivity index (χ1) is 8.61. The van der Waals surface area contributed by atoms with Gasteiger partial charge in [-0.1, -0.05) is 5.10 Å². The third-order valence-corrected chi connectivity index (χ3v) is 2.86. The van der Waals surface area contributed by atoms with E-state index in [1.54, 1.807) is 0 Å². The monoisotopic (exact) mass is 277 g/mol. The van der Waals surface area contributed by atoms with Gasteiger partial charge in [-0.05, 0) is 38.2 Å². The zero-order valence-corrected chi connectivity index (χ0v) is 11.8. The molecule has 0 atom stereocenters. The standard InChI is InChI=1S/C11H11N5S2/c1-8(14-13-7-17)10-4-5-11(16(10)3)9(2)15-18-6-12/h4-5H,1-3H3/b14-8+,15-9-. The molecular formula is C11H11N5S2. The van der Waals surface area contributed by atoms with Gasteiger partial charge in [-0.2, -0.15) is 5.26 Å². The first-order valence-electron chi connectivity index (χ1n) is 4.99. The van der Waals surface area contributed by atoms with Crippen LogP contribution in [0.25, 0.3) is 0 Å². The number of hydrogen-bond acceptors (Lipinski definition) is 6. The molecule has 0 aliphatic rings. The van der Waals surface area contributed by atoms with Crippen molar-refractivity contribution in [3.8, 4) is 5.40 Å². The highest BCUT2D eigenvalue weighted by molar-refractivity contribution is 8.02. The zero-order chi connectivity index (χ0) is 13.5. The molecule has 0 unspecified atom stereocenters. The van der Waals surface area contributed by atoms with Crippen LogP contribution in [-0.4, -0.2) is 21.2 Å². The molecule has 7 heteroatoms. The number of aromatic nitrogens is 1. The van der Waals surface area contributed by atoms with Crippen molar-refractivity contribution in [3.63, 3.8) is 0 Å². The molecule has 0 bridgehead atoms. The largest absolute Gasteiger partial charge is 0.342 e. The van der Waals surface area contributed by atoms with Crippen LogP contribution in [0.4, 0.5) is 0 Å². The van der Waals surface area contributed by atoms with Crippen LogP contribution in [0.15, 0.2) is 26.7 Å². The molecule has 92 valence electrons. The van der Waals surface area contributed by atoms with E-state index in [0.29, 0.717) is 0 Å². The van der Waals surface area contributed by atoms with Gasteiger partial charge in [0.05, 0.1) is 39.9 Å². The molecule has 0 saturated heterocycles. The van der Waals surface area contributed by atoms with E-state index in [0.717, 1.165) is 34.8 Å². The van der Waals surface area contributed by atoms with Crippen molar-refractivity contribution in [1.82, 2.24) is 4.57 Å². The van der Waals surface area contributed by atoms with Gasteiger partial charge in [0.1, 0.15) is 0 Å². The minimum absolute atomic E-state index is 0.738. The second-order valence-corrected chi connectivity index (χ2v) is 4.13. The fraction of sp³-hybridized carbons (Fsp3) is 0.273. The maximum Gasteiger partial charge on any atom is 0.157 e. The van der Waals surface area contributed by atoms with Crippen LogP contribution < -0.4 is 0 Å². The Hall–Kier alpha value is -1.74. The van der Waals surface area contributed by atoms with Crippen LogP contribution in [0, 0.1) is 10.7 Å². The van der Waals surface area contributed by atoms with Gasteiger partial charge in [0.15, 0.2) is 5.40 Å². The van der Waals surface area contributed by atoms with E-state index >= 15 is 0 Å². The van der Waals surface area contributed by atoms with Crippen molar-refractivity contribution in [2.24, 2.45) is 21.6 Å². The van der Waals surface area contributed by atoms with Crippen LogP contribution in [0.1, 0.15) is 25.2 Å². The minimum Gasteiger partial charge on any atom is -0.342 e.